The van der Waals surface area contributed by atoms with Crippen LogP contribution in [0.1, 0.15) is 12.8 Å². The average Bonchev–Trinajstić information content (AvgIpc) is 3.43. The first kappa shape index (κ1) is 17.9. The minimum atomic E-state index is -4.22. The molecule has 2 aromatic heterocycles. The first-order valence-corrected chi connectivity index (χ1v) is 8.71. The lowest BCUT2D eigenvalue weighted by Crippen LogP contribution is -2.30. The number of hydrogen-bond donors (Lipinski definition) is 1. The molecule has 0 unspecified atom stereocenters. The molecule has 0 radical (unpaired) electrons. The van der Waals surface area contributed by atoms with Gasteiger partial charge in [0, 0.05) is 11.6 Å². The van der Waals surface area contributed by atoms with Gasteiger partial charge in [-0.25, -0.2) is 9.97 Å². The largest absolute Gasteiger partial charge is 0.493 e. The predicted octanol–water partition coefficient (Wildman–Crippen LogP) is 5.75. The van der Waals surface area contributed by atoms with E-state index in [1.807, 2.05) is 0 Å². The van der Waals surface area contributed by atoms with Gasteiger partial charge in [0.1, 0.15) is 28.7 Å². The van der Waals surface area contributed by atoms with E-state index in [1.54, 1.807) is 48.8 Å². The summed E-state index contributed by atoms with van der Waals surface area (Å²) < 4.78 is 44.5. The molecule has 1 N–H and O–H groups in total. The Kier molecular flexibility index (Phi) is 4.34. The molecule has 4 rings (SSSR count). The Morgan fingerprint density at radius 2 is 1.93 bits per heavy atom. The van der Waals surface area contributed by atoms with Gasteiger partial charge in [0.15, 0.2) is 0 Å². The molecule has 3 aromatic rings. The zero-order chi connectivity index (χ0) is 19.1. The Bertz CT molecular complexity index is 972. The van der Waals surface area contributed by atoms with Crippen LogP contribution in [0.5, 0.6) is 5.75 Å². The number of nitrogens with one attached hydrogen (secondary N) is 1. The van der Waals surface area contributed by atoms with E-state index in [9.17, 15) is 13.2 Å². The molecular weight excluding hydrogens is 379 g/mol. The lowest BCUT2D eigenvalue weighted by Gasteiger charge is -2.19. The van der Waals surface area contributed by atoms with E-state index in [-0.39, 0.29) is 19.4 Å². The second-order valence-electron chi connectivity index (χ2n) is 6.60. The molecule has 2 heterocycles. The van der Waals surface area contributed by atoms with Gasteiger partial charge in [0.25, 0.3) is 0 Å². The third kappa shape index (κ3) is 3.64. The maximum atomic E-state index is 13.0. The van der Waals surface area contributed by atoms with Gasteiger partial charge in [-0.3, -0.25) is 0 Å². The third-order valence-electron chi connectivity index (χ3n) is 4.70. The lowest BCUT2D eigenvalue weighted by molar-refractivity contribution is -0.194. The molecule has 1 saturated carbocycles. The van der Waals surface area contributed by atoms with Gasteiger partial charge in [0.2, 0.25) is 0 Å². The molecule has 8 heteroatoms. The Morgan fingerprint density at radius 3 is 2.59 bits per heavy atom. The standard InChI is InChI=1S/C19H15ClF3N3O/c20-16-4-1-13(10-25-16)26-17-15-3-2-14(9-12(15)5-8-24-17)27-11-18(6-7-18)19(21,22)23/h1-5,8-10H,6-7,11H2,(H,24,26). The molecule has 0 spiro atoms. The van der Waals surface area contributed by atoms with Crippen molar-refractivity contribution < 1.29 is 17.9 Å². The van der Waals surface area contributed by atoms with E-state index in [2.05, 4.69) is 15.3 Å². The highest BCUT2D eigenvalue weighted by molar-refractivity contribution is 6.29. The van der Waals surface area contributed by atoms with Gasteiger partial charge >= 0.3 is 6.18 Å². The highest BCUT2D eigenvalue weighted by atomic mass is 35.5. The van der Waals surface area contributed by atoms with Gasteiger partial charge in [-0.2, -0.15) is 13.2 Å². The van der Waals surface area contributed by atoms with Gasteiger partial charge < -0.3 is 10.1 Å². The van der Waals surface area contributed by atoms with Crippen LogP contribution in [0.15, 0.2) is 48.8 Å². The number of pyridine rings is 2. The molecule has 27 heavy (non-hydrogen) atoms. The molecular formula is C19H15ClF3N3O. The van der Waals surface area contributed by atoms with Crippen molar-refractivity contribution in [2.45, 2.75) is 19.0 Å². The van der Waals surface area contributed by atoms with Crippen molar-refractivity contribution in [2.75, 3.05) is 11.9 Å². The molecule has 0 saturated heterocycles. The monoisotopic (exact) mass is 393 g/mol. The second kappa shape index (κ2) is 6.56. The minimum absolute atomic E-state index is 0.122. The zero-order valence-corrected chi connectivity index (χ0v) is 14.8. The van der Waals surface area contributed by atoms with Crippen LogP contribution in [-0.4, -0.2) is 22.8 Å². The van der Waals surface area contributed by atoms with Crippen LogP contribution in [0.4, 0.5) is 24.7 Å². The van der Waals surface area contributed by atoms with E-state index >= 15 is 0 Å². The molecule has 0 aliphatic heterocycles. The summed E-state index contributed by atoms with van der Waals surface area (Å²) in [5.41, 5.74) is -0.963. The fraction of sp³-hybridized carbons (Fsp3) is 0.263. The van der Waals surface area contributed by atoms with Gasteiger partial charge in [-0.15, -0.1) is 0 Å². The van der Waals surface area contributed by atoms with E-state index < -0.39 is 11.6 Å². The van der Waals surface area contributed by atoms with E-state index in [0.717, 1.165) is 16.5 Å². The Balaban J connectivity index is 1.54. The van der Waals surface area contributed by atoms with Crippen LogP contribution in [0, 0.1) is 5.41 Å². The van der Waals surface area contributed by atoms with Crippen molar-refractivity contribution in [1.29, 1.82) is 0 Å². The van der Waals surface area contributed by atoms with Crippen LogP contribution in [0.3, 0.4) is 0 Å². The van der Waals surface area contributed by atoms with Crippen LogP contribution in [0.25, 0.3) is 10.8 Å². The Morgan fingerprint density at radius 1 is 1.11 bits per heavy atom. The highest BCUT2D eigenvalue weighted by Gasteiger charge is 2.63. The van der Waals surface area contributed by atoms with Crippen LogP contribution in [0.2, 0.25) is 5.15 Å². The summed E-state index contributed by atoms with van der Waals surface area (Å²) in [5.74, 6) is 1.01. The normalized spacial score (nSPS) is 15.6. The number of benzene rings is 1. The predicted molar refractivity (Wildman–Crippen MR) is 97.5 cm³/mol. The quantitative estimate of drug-likeness (QED) is 0.561. The molecule has 4 nitrogen and oxygen atoms in total. The zero-order valence-electron chi connectivity index (χ0n) is 14.1. The summed E-state index contributed by atoms with van der Waals surface area (Å²) in [7, 11) is 0. The van der Waals surface area contributed by atoms with Crippen molar-refractivity contribution in [3.05, 3.63) is 53.9 Å². The summed E-state index contributed by atoms with van der Waals surface area (Å²) in [5, 5.41) is 5.17. The number of rotatable bonds is 5. The number of ether oxygens (including phenoxy) is 1. The smallest absolute Gasteiger partial charge is 0.397 e. The molecule has 140 valence electrons. The van der Waals surface area contributed by atoms with Crippen molar-refractivity contribution in [3.8, 4) is 5.75 Å². The summed E-state index contributed by atoms with van der Waals surface area (Å²) in [6.07, 6.45) is -0.770. The number of alkyl halides is 3. The third-order valence-corrected chi connectivity index (χ3v) is 4.92. The van der Waals surface area contributed by atoms with E-state index in [0.29, 0.717) is 16.7 Å². The highest BCUT2D eigenvalue weighted by Crippen LogP contribution is 2.57. The number of anilines is 2. The number of nitrogens with zero attached hydrogens (tertiary/aromatic N) is 2. The molecule has 0 atom stereocenters. The maximum absolute atomic E-state index is 13.0. The molecule has 0 bridgehead atoms. The van der Waals surface area contributed by atoms with Crippen molar-refractivity contribution in [3.63, 3.8) is 0 Å². The fourth-order valence-corrected chi connectivity index (χ4v) is 2.93. The average molecular weight is 394 g/mol. The van der Waals surface area contributed by atoms with E-state index in [4.69, 9.17) is 16.3 Å². The van der Waals surface area contributed by atoms with Crippen molar-refractivity contribution in [2.24, 2.45) is 5.41 Å². The first-order chi connectivity index (χ1) is 12.9. The minimum Gasteiger partial charge on any atom is -0.493 e. The van der Waals surface area contributed by atoms with Crippen LogP contribution in [-0.2, 0) is 0 Å². The topological polar surface area (TPSA) is 47.0 Å². The number of hydrogen-bond acceptors (Lipinski definition) is 4. The number of fused-ring (bicyclic) bond motifs is 1. The first-order valence-electron chi connectivity index (χ1n) is 8.33. The second-order valence-corrected chi connectivity index (χ2v) is 6.99. The lowest BCUT2D eigenvalue weighted by atomic mass is 10.1. The van der Waals surface area contributed by atoms with E-state index in [1.165, 1.54) is 0 Å². The Hall–Kier alpha value is -2.54. The summed E-state index contributed by atoms with van der Waals surface area (Å²) in [6.45, 7) is -0.353. The van der Waals surface area contributed by atoms with Crippen LogP contribution < -0.4 is 10.1 Å². The molecule has 1 aromatic carbocycles. The Labute approximate surface area is 158 Å². The van der Waals surface area contributed by atoms with Gasteiger partial charge in [-0.1, -0.05) is 11.6 Å². The van der Waals surface area contributed by atoms with Gasteiger partial charge in [-0.05, 0) is 54.6 Å². The molecule has 0 amide bonds. The number of halogens is 4. The fourth-order valence-electron chi connectivity index (χ4n) is 2.81. The maximum Gasteiger partial charge on any atom is 0.397 e. The molecule has 1 fully saturated rings. The van der Waals surface area contributed by atoms with Crippen molar-refractivity contribution in [1.82, 2.24) is 9.97 Å². The molecule has 1 aliphatic carbocycles. The van der Waals surface area contributed by atoms with Gasteiger partial charge in [0.05, 0.1) is 11.9 Å². The number of aromatic nitrogens is 2. The van der Waals surface area contributed by atoms with Crippen LogP contribution >= 0.6 is 11.6 Å². The summed E-state index contributed by atoms with van der Waals surface area (Å²) >= 11 is 5.78. The summed E-state index contributed by atoms with van der Waals surface area (Å²) in [4.78, 5) is 8.33. The van der Waals surface area contributed by atoms with Crippen molar-refractivity contribution >= 4 is 33.9 Å². The molecule has 1 aliphatic rings. The SMILES string of the molecule is FC(F)(F)C1(COc2ccc3c(Nc4ccc(Cl)nc4)nccc3c2)CC1. The summed E-state index contributed by atoms with van der Waals surface area (Å²) in [6, 6.07) is 10.4.